The van der Waals surface area contributed by atoms with Gasteiger partial charge >= 0.3 is 0 Å². The molecule has 1 aromatic carbocycles. The van der Waals surface area contributed by atoms with Gasteiger partial charge in [-0.3, -0.25) is 0 Å². The van der Waals surface area contributed by atoms with Gasteiger partial charge in [0.1, 0.15) is 6.07 Å². The van der Waals surface area contributed by atoms with Crippen LogP contribution >= 0.6 is 0 Å². The maximum absolute atomic E-state index is 10.00. The summed E-state index contributed by atoms with van der Waals surface area (Å²) in [4.78, 5) is 0. The predicted molar refractivity (Wildman–Crippen MR) is 94.7 cm³/mol. The molecule has 1 aromatic rings. The second kappa shape index (κ2) is 5.80. The zero-order chi connectivity index (χ0) is 18.4. The van der Waals surface area contributed by atoms with Crippen LogP contribution in [0, 0.1) is 66.1 Å². The van der Waals surface area contributed by atoms with Gasteiger partial charge < -0.3 is 5.73 Å². The monoisotopic (exact) mass is 328 g/mol. The third-order valence-corrected chi connectivity index (χ3v) is 5.61. The number of nitrogens with two attached hydrogens (primary N) is 1. The van der Waals surface area contributed by atoms with E-state index in [9.17, 15) is 15.8 Å². The molecule has 0 saturated heterocycles. The lowest BCUT2D eigenvalue weighted by Crippen LogP contribution is -2.41. The van der Waals surface area contributed by atoms with Gasteiger partial charge in [0.15, 0.2) is 5.41 Å². The Kier molecular flexibility index (Phi) is 3.90. The largest absolute Gasteiger partial charge is 0.399 e. The molecule has 0 aromatic heterocycles. The van der Waals surface area contributed by atoms with Gasteiger partial charge in [-0.1, -0.05) is 23.8 Å². The Morgan fingerprint density at radius 3 is 2.20 bits per heavy atom. The highest BCUT2D eigenvalue weighted by molar-refractivity contribution is 5.61. The van der Waals surface area contributed by atoms with Gasteiger partial charge in [-0.15, -0.1) is 0 Å². The standard InChI is InChI=1S/C21H20N4/c1-12-7-13(2)18(14(3)8-12)19-16-6-4-5-15(16)17(9-22)20(25)21(19,10-23)11-24/h5,7-8,16,19H,4,6,25H2,1-3H3. The molecule has 124 valence electrons. The molecule has 2 atom stereocenters. The molecule has 4 nitrogen and oxygen atoms in total. The first-order valence-corrected chi connectivity index (χ1v) is 8.42. The average Bonchev–Trinajstić information content (AvgIpc) is 3.03. The van der Waals surface area contributed by atoms with Gasteiger partial charge in [0.25, 0.3) is 0 Å². The van der Waals surface area contributed by atoms with Crippen LogP contribution in [0.4, 0.5) is 0 Å². The van der Waals surface area contributed by atoms with Crippen molar-refractivity contribution in [3.8, 4) is 18.2 Å². The fourth-order valence-corrected chi connectivity index (χ4v) is 4.69. The predicted octanol–water partition coefficient (Wildman–Crippen LogP) is 3.82. The van der Waals surface area contributed by atoms with Crippen molar-refractivity contribution >= 4 is 0 Å². The summed E-state index contributed by atoms with van der Waals surface area (Å²) in [6, 6.07) is 10.7. The lowest BCUT2D eigenvalue weighted by Gasteiger charge is -2.41. The zero-order valence-corrected chi connectivity index (χ0v) is 14.7. The van der Waals surface area contributed by atoms with Crippen LogP contribution in [0.3, 0.4) is 0 Å². The summed E-state index contributed by atoms with van der Waals surface area (Å²) < 4.78 is 0. The highest BCUT2D eigenvalue weighted by Crippen LogP contribution is 2.57. The first kappa shape index (κ1) is 16.8. The molecular weight excluding hydrogens is 308 g/mol. The quantitative estimate of drug-likeness (QED) is 0.847. The van der Waals surface area contributed by atoms with E-state index in [0.29, 0.717) is 5.57 Å². The summed E-state index contributed by atoms with van der Waals surface area (Å²) in [7, 11) is 0. The smallest absolute Gasteiger partial charge is 0.191 e. The third-order valence-electron chi connectivity index (χ3n) is 5.61. The maximum atomic E-state index is 10.00. The normalized spacial score (nSPS) is 23.9. The molecule has 2 unspecified atom stereocenters. The van der Waals surface area contributed by atoms with Crippen molar-refractivity contribution in [1.29, 1.82) is 15.8 Å². The van der Waals surface area contributed by atoms with E-state index in [1.165, 1.54) is 0 Å². The molecular formula is C21H20N4. The Labute approximate surface area is 148 Å². The van der Waals surface area contributed by atoms with Gasteiger partial charge in [-0.2, -0.15) is 15.8 Å². The number of hydrogen-bond donors (Lipinski definition) is 1. The van der Waals surface area contributed by atoms with Crippen molar-refractivity contribution in [3.63, 3.8) is 0 Å². The number of nitrogens with zero attached hydrogens (tertiary/aromatic N) is 3. The SMILES string of the molecule is Cc1cc(C)c(C2C3CCC=C3C(C#N)=C(N)C2(C#N)C#N)c(C)c1. The number of benzene rings is 1. The minimum atomic E-state index is -1.51. The molecule has 2 aliphatic carbocycles. The molecule has 2 N–H and O–H groups in total. The van der Waals surface area contributed by atoms with Crippen LogP contribution in [-0.4, -0.2) is 0 Å². The van der Waals surface area contributed by atoms with E-state index in [1.807, 2.05) is 26.8 Å². The van der Waals surface area contributed by atoms with Crippen molar-refractivity contribution in [1.82, 2.24) is 0 Å². The van der Waals surface area contributed by atoms with Gasteiger partial charge in [-0.25, -0.2) is 0 Å². The van der Waals surface area contributed by atoms with E-state index in [-0.39, 0.29) is 17.5 Å². The minimum Gasteiger partial charge on any atom is -0.399 e. The number of nitriles is 3. The number of aryl methyl sites for hydroxylation is 3. The summed E-state index contributed by atoms with van der Waals surface area (Å²) in [5.74, 6) is -0.379. The van der Waals surface area contributed by atoms with Crippen LogP contribution in [-0.2, 0) is 0 Å². The maximum Gasteiger partial charge on any atom is 0.191 e. The second-order valence-electron chi connectivity index (χ2n) is 7.07. The van der Waals surface area contributed by atoms with E-state index in [2.05, 4.69) is 30.3 Å². The Hall–Kier alpha value is -3.03. The van der Waals surface area contributed by atoms with Crippen molar-refractivity contribution in [2.24, 2.45) is 17.1 Å². The Morgan fingerprint density at radius 1 is 1.08 bits per heavy atom. The van der Waals surface area contributed by atoms with Crippen LogP contribution in [0.15, 0.2) is 35.1 Å². The van der Waals surface area contributed by atoms with Crippen molar-refractivity contribution in [3.05, 3.63) is 57.3 Å². The minimum absolute atomic E-state index is 0.0265. The molecule has 2 aliphatic rings. The van der Waals surface area contributed by atoms with E-state index in [4.69, 9.17) is 5.73 Å². The molecule has 0 aliphatic heterocycles. The summed E-state index contributed by atoms with van der Waals surface area (Å²) in [6.45, 7) is 6.08. The highest BCUT2D eigenvalue weighted by atomic mass is 14.7. The Bertz CT molecular complexity index is 907. The topological polar surface area (TPSA) is 97.4 Å². The third kappa shape index (κ3) is 2.17. The summed E-state index contributed by atoms with van der Waals surface area (Å²) in [5.41, 5.74) is 10.4. The molecule has 0 bridgehead atoms. The number of fused-ring (bicyclic) bond motifs is 1. The number of allylic oxidation sites excluding steroid dienone is 4. The molecule has 0 saturated carbocycles. The molecule has 0 spiro atoms. The molecule has 0 amide bonds. The molecule has 0 heterocycles. The van der Waals surface area contributed by atoms with Crippen molar-refractivity contribution in [2.45, 2.75) is 39.5 Å². The molecule has 25 heavy (non-hydrogen) atoms. The number of hydrogen-bond acceptors (Lipinski definition) is 4. The number of rotatable bonds is 1. The van der Waals surface area contributed by atoms with E-state index < -0.39 is 5.41 Å². The van der Waals surface area contributed by atoms with E-state index in [1.54, 1.807) is 0 Å². The van der Waals surface area contributed by atoms with E-state index in [0.717, 1.165) is 40.7 Å². The average molecular weight is 328 g/mol. The molecule has 4 heteroatoms. The second-order valence-corrected chi connectivity index (χ2v) is 7.07. The van der Waals surface area contributed by atoms with Gasteiger partial charge in [0, 0.05) is 5.92 Å². The first-order valence-electron chi connectivity index (χ1n) is 8.42. The summed E-state index contributed by atoms with van der Waals surface area (Å²) in [6.07, 6.45) is 3.71. The fourth-order valence-electron chi connectivity index (χ4n) is 4.69. The molecule has 0 fully saturated rings. The van der Waals surface area contributed by atoms with Crippen LogP contribution in [0.1, 0.15) is 41.0 Å². The lowest BCUT2D eigenvalue weighted by atomic mass is 9.58. The van der Waals surface area contributed by atoms with E-state index >= 15 is 0 Å². The summed E-state index contributed by atoms with van der Waals surface area (Å²) in [5, 5.41) is 29.6. The lowest BCUT2D eigenvalue weighted by molar-refractivity contribution is 0.343. The van der Waals surface area contributed by atoms with Crippen molar-refractivity contribution in [2.75, 3.05) is 0 Å². The van der Waals surface area contributed by atoms with Crippen LogP contribution in [0.25, 0.3) is 0 Å². The van der Waals surface area contributed by atoms with Crippen LogP contribution in [0.2, 0.25) is 0 Å². The van der Waals surface area contributed by atoms with Crippen molar-refractivity contribution < 1.29 is 0 Å². The fraction of sp³-hybridized carbons (Fsp3) is 0.381. The van der Waals surface area contributed by atoms with Gasteiger partial charge in [0.05, 0.1) is 23.4 Å². The highest BCUT2D eigenvalue weighted by Gasteiger charge is 2.54. The van der Waals surface area contributed by atoms with Gasteiger partial charge in [-0.05, 0) is 61.8 Å². The Morgan fingerprint density at radius 2 is 1.68 bits per heavy atom. The van der Waals surface area contributed by atoms with Gasteiger partial charge in [0.2, 0.25) is 0 Å². The Balaban J connectivity index is 2.39. The van der Waals surface area contributed by atoms with Crippen LogP contribution in [0.5, 0.6) is 0 Å². The zero-order valence-electron chi connectivity index (χ0n) is 14.7. The molecule has 3 rings (SSSR count). The molecule has 0 radical (unpaired) electrons. The first-order chi connectivity index (χ1) is 11.9. The summed E-state index contributed by atoms with van der Waals surface area (Å²) >= 11 is 0. The van der Waals surface area contributed by atoms with Crippen LogP contribution < -0.4 is 5.73 Å².